The van der Waals surface area contributed by atoms with Gasteiger partial charge >= 0.3 is 6.18 Å². The number of H-pyrrole nitrogens is 1. The Morgan fingerprint density at radius 3 is 2.58 bits per heavy atom. The predicted octanol–water partition coefficient (Wildman–Crippen LogP) is 2.97. The molecule has 0 saturated heterocycles. The van der Waals surface area contributed by atoms with Crippen molar-refractivity contribution in [3.63, 3.8) is 0 Å². The Kier molecular flexibility index (Phi) is 4.34. The average molecular weight is 367 g/mol. The first-order valence-corrected chi connectivity index (χ1v) is 7.51. The van der Waals surface area contributed by atoms with E-state index in [2.05, 4.69) is 20.1 Å². The molecule has 1 aromatic carbocycles. The third-order valence-electron chi connectivity index (χ3n) is 3.77. The smallest absolute Gasteiger partial charge is 0.311 e. The van der Waals surface area contributed by atoms with Gasteiger partial charge in [0, 0.05) is 12.0 Å². The Morgan fingerprint density at radius 1 is 1.23 bits per heavy atom. The maximum atomic E-state index is 14.1. The Hall–Kier alpha value is -3.04. The van der Waals surface area contributed by atoms with Crippen LogP contribution in [0.1, 0.15) is 35.6 Å². The number of aromatic amines is 1. The van der Waals surface area contributed by atoms with E-state index < -0.39 is 23.5 Å². The standard InChI is InChI=1S/C16H13F4N5O/c1-8(11-4-3-10(5-12(11)17)16(18,19)20)15-21-7-25(24-15)13-6-14(26)23-9(2)22-13/h3-8H,1-2H3,(H,22,23,26). The summed E-state index contributed by atoms with van der Waals surface area (Å²) in [5.74, 6) is -0.893. The van der Waals surface area contributed by atoms with E-state index in [1.165, 1.54) is 17.1 Å². The summed E-state index contributed by atoms with van der Waals surface area (Å²) in [4.78, 5) is 22.2. The zero-order valence-corrected chi connectivity index (χ0v) is 13.7. The molecule has 0 aliphatic carbocycles. The van der Waals surface area contributed by atoms with E-state index >= 15 is 0 Å². The van der Waals surface area contributed by atoms with Crippen molar-refractivity contribution < 1.29 is 17.6 Å². The monoisotopic (exact) mass is 367 g/mol. The van der Waals surface area contributed by atoms with E-state index in [1.807, 2.05) is 0 Å². The quantitative estimate of drug-likeness (QED) is 0.722. The largest absolute Gasteiger partial charge is 0.416 e. The number of nitrogens with one attached hydrogen (secondary N) is 1. The van der Waals surface area contributed by atoms with Crippen LogP contribution in [0.5, 0.6) is 0 Å². The number of aryl methyl sites for hydroxylation is 1. The third-order valence-corrected chi connectivity index (χ3v) is 3.77. The molecule has 3 aromatic rings. The highest BCUT2D eigenvalue weighted by atomic mass is 19.4. The molecule has 1 N–H and O–H groups in total. The number of hydrogen-bond acceptors (Lipinski definition) is 4. The van der Waals surface area contributed by atoms with Gasteiger partial charge in [-0.2, -0.15) is 13.2 Å². The maximum absolute atomic E-state index is 14.1. The lowest BCUT2D eigenvalue weighted by Gasteiger charge is -2.12. The lowest BCUT2D eigenvalue weighted by molar-refractivity contribution is -0.137. The highest BCUT2D eigenvalue weighted by molar-refractivity contribution is 5.31. The van der Waals surface area contributed by atoms with E-state index in [0.717, 1.165) is 12.1 Å². The fraction of sp³-hybridized carbons (Fsp3) is 0.250. The molecule has 26 heavy (non-hydrogen) atoms. The van der Waals surface area contributed by atoms with Crippen LogP contribution in [0.3, 0.4) is 0 Å². The van der Waals surface area contributed by atoms with Crippen LogP contribution in [0.2, 0.25) is 0 Å². The number of nitrogens with zero attached hydrogens (tertiary/aromatic N) is 4. The number of alkyl halides is 3. The second kappa shape index (κ2) is 6.36. The molecule has 3 rings (SSSR count). The zero-order chi connectivity index (χ0) is 19.1. The first-order chi connectivity index (χ1) is 12.1. The molecule has 1 atom stereocenters. The molecule has 10 heteroatoms. The van der Waals surface area contributed by atoms with Crippen molar-refractivity contribution in [2.75, 3.05) is 0 Å². The summed E-state index contributed by atoms with van der Waals surface area (Å²) in [6, 6.07) is 3.55. The van der Waals surface area contributed by atoms with Gasteiger partial charge in [-0.05, 0) is 24.6 Å². The van der Waals surface area contributed by atoms with E-state index in [0.29, 0.717) is 11.9 Å². The molecule has 1 unspecified atom stereocenters. The molecule has 0 aliphatic rings. The minimum Gasteiger partial charge on any atom is -0.311 e. The molecule has 0 bridgehead atoms. The SMILES string of the molecule is Cc1nc(-n2cnc(C(C)c3ccc(C(F)(F)F)cc3F)n2)cc(=O)[nH]1. The number of benzene rings is 1. The second-order valence-corrected chi connectivity index (χ2v) is 5.69. The van der Waals surface area contributed by atoms with Crippen LogP contribution in [0.15, 0.2) is 35.4 Å². The van der Waals surface area contributed by atoms with E-state index in [9.17, 15) is 22.4 Å². The molecular formula is C16H13F4N5O. The van der Waals surface area contributed by atoms with Crippen LogP contribution in [-0.4, -0.2) is 24.7 Å². The van der Waals surface area contributed by atoms with Crippen molar-refractivity contribution >= 4 is 0 Å². The van der Waals surface area contributed by atoms with Crippen molar-refractivity contribution in [1.29, 1.82) is 0 Å². The van der Waals surface area contributed by atoms with Crippen LogP contribution < -0.4 is 5.56 Å². The Morgan fingerprint density at radius 2 is 1.96 bits per heavy atom. The number of aromatic nitrogens is 5. The normalized spacial score (nSPS) is 13.0. The van der Waals surface area contributed by atoms with Gasteiger partial charge in [0.15, 0.2) is 11.6 Å². The van der Waals surface area contributed by atoms with E-state index in [-0.39, 0.29) is 22.8 Å². The van der Waals surface area contributed by atoms with Gasteiger partial charge in [0.25, 0.3) is 5.56 Å². The molecule has 0 spiro atoms. The van der Waals surface area contributed by atoms with Crippen molar-refractivity contribution in [2.45, 2.75) is 25.9 Å². The molecule has 136 valence electrons. The summed E-state index contributed by atoms with van der Waals surface area (Å²) < 4.78 is 53.3. The average Bonchev–Trinajstić information content (AvgIpc) is 3.02. The van der Waals surface area contributed by atoms with Gasteiger partial charge in [0.2, 0.25) is 0 Å². The summed E-state index contributed by atoms with van der Waals surface area (Å²) >= 11 is 0. The molecule has 2 aromatic heterocycles. The number of rotatable bonds is 3. The molecular weight excluding hydrogens is 354 g/mol. The van der Waals surface area contributed by atoms with Gasteiger partial charge < -0.3 is 4.98 Å². The van der Waals surface area contributed by atoms with E-state index in [4.69, 9.17) is 0 Å². The topological polar surface area (TPSA) is 76.5 Å². The lowest BCUT2D eigenvalue weighted by atomic mass is 9.98. The van der Waals surface area contributed by atoms with Crippen LogP contribution in [0.4, 0.5) is 17.6 Å². The van der Waals surface area contributed by atoms with Crippen LogP contribution in [0, 0.1) is 12.7 Å². The molecule has 6 nitrogen and oxygen atoms in total. The highest BCUT2D eigenvalue weighted by Gasteiger charge is 2.31. The van der Waals surface area contributed by atoms with Crippen LogP contribution in [0.25, 0.3) is 5.82 Å². The van der Waals surface area contributed by atoms with Crippen LogP contribution in [-0.2, 0) is 6.18 Å². The Balaban J connectivity index is 1.93. The minimum absolute atomic E-state index is 0.0331. The molecule has 0 aliphatic heterocycles. The van der Waals surface area contributed by atoms with Gasteiger partial charge in [0.1, 0.15) is 18.0 Å². The van der Waals surface area contributed by atoms with E-state index in [1.54, 1.807) is 13.8 Å². The lowest BCUT2D eigenvalue weighted by Crippen LogP contribution is -2.12. The summed E-state index contributed by atoms with van der Waals surface area (Å²) in [5.41, 5.74) is -1.40. The second-order valence-electron chi connectivity index (χ2n) is 5.69. The van der Waals surface area contributed by atoms with Gasteiger partial charge in [-0.15, -0.1) is 5.10 Å². The van der Waals surface area contributed by atoms with Crippen molar-refractivity contribution in [2.24, 2.45) is 0 Å². The highest BCUT2D eigenvalue weighted by Crippen LogP contribution is 2.32. The van der Waals surface area contributed by atoms with Gasteiger partial charge in [-0.25, -0.2) is 19.0 Å². The summed E-state index contributed by atoms with van der Waals surface area (Å²) in [7, 11) is 0. The molecule has 0 saturated carbocycles. The number of halogens is 4. The fourth-order valence-electron chi connectivity index (χ4n) is 2.46. The summed E-state index contributed by atoms with van der Waals surface area (Å²) in [6.45, 7) is 3.17. The predicted molar refractivity (Wildman–Crippen MR) is 83.4 cm³/mol. The first-order valence-electron chi connectivity index (χ1n) is 7.51. The van der Waals surface area contributed by atoms with Gasteiger partial charge in [-0.3, -0.25) is 4.79 Å². The molecule has 0 fully saturated rings. The minimum atomic E-state index is -4.62. The number of hydrogen-bond donors (Lipinski definition) is 1. The van der Waals surface area contributed by atoms with Crippen molar-refractivity contribution in [1.82, 2.24) is 24.7 Å². The molecule has 2 heterocycles. The first kappa shape index (κ1) is 17.8. The van der Waals surface area contributed by atoms with Gasteiger partial charge in [-0.1, -0.05) is 13.0 Å². The van der Waals surface area contributed by atoms with Gasteiger partial charge in [0.05, 0.1) is 5.56 Å². The Labute approximate surface area is 144 Å². The van der Waals surface area contributed by atoms with Crippen molar-refractivity contribution in [3.05, 3.63) is 69.5 Å². The Bertz CT molecular complexity index is 1010. The maximum Gasteiger partial charge on any atom is 0.416 e. The molecule has 0 amide bonds. The molecule has 0 radical (unpaired) electrons. The zero-order valence-electron chi connectivity index (χ0n) is 13.7. The fourth-order valence-corrected chi connectivity index (χ4v) is 2.46. The third kappa shape index (κ3) is 3.48. The summed E-state index contributed by atoms with van der Waals surface area (Å²) in [6.07, 6.45) is -3.32. The van der Waals surface area contributed by atoms with Crippen LogP contribution >= 0.6 is 0 Å². The van der Waals surface area contributed by atoms with Crippen molar-refractivity contribution in [3.8, 4) is 5.82 Å². The summed E-state index contributed by atoms with van der Waals surface area (Å²) in [5, 5.41) is 4.15.